The molecule has 1 amide bonds. The van der Waals surface area contributed by atoms with Gasteiger partial charge in [-0.3, -0.25) is 4.79 Å². The molecule has 32 heavy (non-hydrogen) atoms. The second-order valence-corrected chi connectivity index (χ2v) is 9.53. The number of benzene rings is 3. The molecule has 168 valence electrons. The van der Waals surface area contributed by atoms with Gasteiger partial charge < -0.3 is 10.4 Å². The number of anilines is 1. The molecule has 0 aromatic heterocycles. The van der Waals surface area contributed by atoms with Gasteiger partial charge in [-0.2, -0.15) is 5.11 Å². The van der Waals surface area contributed by atoms with Crippen LogP contribution in [0.1, 0.15) is 13.8 Å². The molecular weight excluding hydrogens is 458 g/mol. The van der Waals surface area contributed by atoms with Gasteiger partial charge in [0.25, 0.3) is 0 Å². The molecule has 0 aliphatic heterocycles. The van der Waals surface area contributed by atoms with Crippen molar-refractivity contribution in [3.63, 3.8) is 0 Å². The molecule has 0 aliphatic carbocycles. The molecule has 10 nitrogen and oxygen atoms in total. The lowest BCUT2D eigenvalue weighted by molar-refractivity contribution is -0.432. The topological polar surface area (TPSA) is 147 Å². The summed E-state index contributed by atoms with van der Waals surface area (Å²) in [4.78, 5) is 11.7. The van der Waals surface area contributed by atoms with Crippen LogP contribution >= 0.6 is 12.0 Å². The summed E-state index contributed by atoms with van der Waals surface area (Å²) in [5.41, 5.74) is 0.920. The van der Waals surface area contributed by atoms with E-state index in [4.69, 9.17) is 5.26 Å². The van der Waals surface area contributed by atoms with E-state index in [0.717, 1.165) is 0 Å². The Morgan fingerprint density at radius 2 is 1.84 bits per heavy atom. The fourth-order valence-electron chi connectivity index (χ4n) is 2.84. The Balaban J connectivity index is 2.01. The smallest absolute Gasteiger partial charge is 0.221 e. The maximum atomic E-state index is 11.9. The van der Waals surface area contributed by atoms with Crippen LogP contribution in [-0.2, 0) is 24.0 Å². The summed E-state index contributed by atoms with van der Waals surface area (Å²) in [6.45, 7) is 2.94. The summed E-state index contributed by atoms with van der Waals surface area (Å²) in [5, 5.41) is 34.7. The Labute approximate surface area is 187 Å². The van der Waals surface area contributed by atoms with E-state index in [1.165, 1.54) is 31.2 Å². The summed E-state index contributed by atoms with van der Waals surface area (Å²) in [6, 6.07) is 12.3. The van der Waals surface area contributed by atoms with Crippen LogP contribution in [0.2, 0.25) is 0 Å². The number of hydrogen-bond acceptors (Lipinski definition) is 10. The SMILES string of the molecule is CCS(=O)(=O)c1ccc(N=Nc2c(SOOO)cc3cc(NC(C)=O)ccc3c2O)cc1. The first-order valence-corrected chi connectivity index (χ1v) is 11.6. The molecule has 0 bridgehead atoms. The van der Waals surface area contributed by atoms with Crippen LogP contribution in [0.5, 0.6) is 5.75 Å². The Bertz CT molecular complexity index is 1280. The van der Waals surface area contributed by atoms with Gasteiger partial charge in [0.15, 0.2) is 15.6 Å². The molecule has 0 saturated heterocycles. The zero-order valence-electron chi connectivity index (χ0n) is 17.0. The van der Waals surface area contributed by atoms with Gasteiger partial charge in [0.05, 0.1) is 33.3 Å². The summed E-state index contributed by atoms with van der Waals surface area (Å²) in [5.74, 6) is -0.478. The molecular formula is C20H19N3O7S2. The van der Waals surface area contributed by atoms with Crippen LogP contribution in [0.25, 0.3) is 10.8 Å². The Morgan fingerprint density at radius 1 is 1.12 bits per heavy atom. The number of phenols is 1. The van der Waals surface area contributed by atoms with Gasteiger partial charge >= 0.3 is 0 Å². The fourth-order valence-corrected chi connectivity index (χ4v) is 4.22. The van der Waals surface area contributed by atoms with E-state index >= 15 is 0 Å². The van der Waals surface area contributed by atoms with Crippen LogP contribution in [-0.4, -0.2) is 30.4 Å². The summed E-state index contributed by atoms with van der Waals surface area (Å²) >= 11 is 0.587. The Kier molecular flexibility index (Phi) is 7.43. The van der Waals surface area contributed by atoms with Crippen molar-refractivity contribution in [2.24, 2.45) is 10.2 Å². The van der Waals surface area contributed by atoms with Crippen molar-refractivity contribution in [2.75, 3.05) is 11.1 Å². The molecule has 0 unspecified atom stereocenters. The van der Waals surface area contributed by atoms with Gasteiger partial charge in [0.2, 0.25) is 5.91 Å². The lowest BCUT2D eigenvalue weighted by Gasteiger charge is -2.10. The van der Waals surface area contributed by atoms with Gasteiger partial charge in [0, 0.05) is 18.0 Å². The molecule has 0 heterocycles. The van der Waals surface area contributed by atoms with Crippen molar-refractivity contribution in [3.05, 3.63) is 48.5 Å². The highest BCUT2D eigenvalue weighted by atomic mass is 32.2. The normalized spacial score (nSPS) is 11.8. The first kappa shape index (κ1) is 23.6. The lowest BCUT2D eigenvalue weighted by Crippen LogP contribution is -2.05. The molecule has 3 aromatic carbocycles. The number of phenolic OH excluding ortho intramolecular Hbond substituents is 1. The van der Waals surface area contributed by atoms with Gasteiger partial charge in [-0.15, -0.1) is 9.45 Å². The van der Waals surface area contributed by atoms with Gasteiger partial charge in [-0.05, 0) is 53.9 Å². The van der Waals surface area contributed by atoms with Crippen molar-refractivity contribution in [3.8, 4) is 5.75 Å². The molecule has 3 aromatic rings. The van der Waals surface area contributed by atoms with Crippen molar-refractivity contribution >= 4 is 55.6 Å². The number of carbonyl (C=O) groups is 1. The minimum atomic E-state index is -3.34. The molecule has 0 spiro atoms. The number of azo groups is 1. The Hall–Kier alpha value is -3.03. The number of aromatic hydroxyl groups is 1. The minimum absolute atomic E-state index is 0.0179. The van der Waals surface area contributed by atoms with Gasteiger partial charge in [-0.1, -0.05) is 12.0 Å². The van der Waals surface area contributed by atoms with Crippen molar-refractivity contribution < 1.29 is 32.9 Å². The van der Waals surface area contributed by atoms with E-state index < -0.39 is 9.84 Å². The molecule has 0 fully saturated rings. The van der Waals surface area contributed by atoms with Crippen LogP contribution in [0.3, 0.4) is 0 Å². The lowest BCUT2D eigenvalue weighted by atomic mass is 10.1. The number of sulfone groups is 1. The summed E-state index contributed by atoms with van der Waals surface area (Å²) < 4.78 is 28.4. The quantitative estimate of drug-likeness (QED) is 0.175. The predicted molar refractivity (Wildman–Crippen MR) is 119 cm³/mol. The summed E-state index contributed by atoms with van der Waals surface area (Å²) in [6.07, 6.45) is 0. The van der Waals surface area contributed by atoms with Crippen LogP contribution in [0.4, 0.5) is 17.1 Å². The standard InChI is InChI=1S/C20H19N3O7S2/c1-3-32(27,28)16-7-4-14(5-8-16)22-23-19-18(31-30-29-26)11-13-10-15(21-12(2)24)6-9-17(13)20(19)25/h4-11,25-26H,3H2,1-2H3,(H,21,24). The third-order valence-electron chi connectivity index (χ3n) is 4.37. The fraction of sp³-hybridized carbons (Fsp3) is 0.150. The van der Waals surface area contributed by atoms with Gasteiger partial charge in [0.1, 0.15) is 5.69 Å². The van der Waals surface area contributed by atoms with Crippen LogP contribution < -0.4 is 5.32 Å². The third kappa shape index (κ3) is 5.41. The molecule has 3 rings (SSSR count). The second kappa shape index (κ2) is 10.1. The monoisotopic (exact) mass is 477 g/mol. The molecule has 0 saturated carbocycles. The third-order valence-corrected chi connectivity index (χ3v) is 6.74. The average Bonchev–Trinajstić information content (AvgIpc) is 2.77. The number of hydrogen-bond donors (Lipinski definition) is 3. The van der Waals surface area contributed by atoms with Crippen LogP contribution in [0, 0.1) is 0 Å². The van der Waals surface area contributed by atoms with E-state index in [1.807, 2.05) is 0 Å². The van der Waals surface area contributed by atoms with Crippen molar-refractivity contribution in [1.82, 2.24) is 0 Å². The predicted octanol–water partition coefficient (Wildman–Crippen LogP) is 5.14. The summed E-state index contributed by atoms with van der Waals surface area (Å²) in [7, 11) is -3.34. The van der Waals surface area contributed by atoms with Crippen molar-refractivity contribution in [1.29, 1.82) is 0 Å². The number of nitrogens with one attached hydrogen (secondary N) is 1. The van der Waals surface area contributed by atoms with Crippen molar-refractivity contribution in [2.45, 2.75) is 23.6 Å². The number of nitrogens with zero attached hydrogens (tertiary/aromatic N) is 2. The average molecular weight is 478 g/mol. The van der Waals surface area contributed by atoms with E-state index in [0.29, 0.717) is 34.2 Å². The number of carbonyl (C=O) groups excluding carboxylic acids is 1. The van der Waals surface area contributed by atoms with E-state index in [2.05, 4.69) is 24.9 Å². The molecule has 0 atom stereocenters. The molecule has 12 heteroatoms. The van der Waals surface area contributed by atoms with E-state index in [9.17, 15) is 18.3 Å². The minimum Gasteiger partial charge on any atom is -0.505 e. The maximum absolute atomic E-state index is 11.9. The molecule has 3 N–H and O–H groups in total. The number of rotatable bonds is 8. The zero-order chi connectivity index (χ0) is 23.3. The van der Waals surface area contributed by atoms with E-state index in [1.54, 1.807) is 31.2 Å². The highest BCUT2D eigenvalue weighted by Gasteiger charge is 2.16. The zero-order valence-corrected chi connectivity index (χ0v) is 18.6. The molecule has 0 radical (unpaired) electrons. The highest BCUT2D eigenvalue weighted by molar-refractivity contribution is 7.94. The second-order valence-electron chi connectivity index (χ2n) is 6.51. The maximum Gasteiger partial charge on any atom is 0.221 e. The first-order chi connectivity index (χ1) is 15.2. The molecule has 0 aliphatic rings. The number of amides is 1. The van der Waals surface area contributed by atoms with Crippen LogP contribution in [0.15, 0.2) is 68.6 Å². The van der Waals surface area contributed by atoms with Gasteiger partial charge in [-0.25, -0.2) is 13.7 Å². The first-order valence-electron chi connectivity index (χ1n) is 9.21. The van der Waals surface area contributed by atoms with E-state index in [-0.39, 0.29) is 32.9 Å². The Morgan fingerprint density at radius 3 is 2.47 bits per heavy atom. The number of fused-ring (bicyclic) bond motifs is 1. The highest BCUT2D eigenvalue weighted by Crippen LogP contribution is 2.44. The largest absolute Gasteiger partial charge is 0.505 e.